The predicted molar refractivity (Wildman–Crippen MR) is 103 cm³/mol. The van der Waals surface area contributed by atoms with Crippen molar-refractivity contribution < 1.29 is 18.7 Å². The summed E-state index contributed by atoms with van der Waals surface area (Å²) in [6.07, 6.45) is 3.46. The Kier molecular flexibility index (Phi) is 5.12. The van der Waals surface area contributed by atoms with E-state index in [1.807, 2.05) is 29.8 Å². The highest BCUT2D eigenvalue weighted by Crippen LogP contribution is 2.20. The Morgan fingerprint density at radius 3 is 2.96 bits per heavy atom. The van der Waals surface area contributed by atoms with Crippen LogP contribution in [0.2, 0.25) is 0 Å². The van der Waals surface area contributed by atoms with Crippen LogP contribution in [0.1, 0.15) is 29.2 Å². The summed E-state index contributed by atoms with van der Waals surface area (Å²) < 4.78 is 12.5. The van der Waals surface area contributed by atoms with Gasteiger partial charge in [0.15, 0.2) is 5.76 Å². The highest BCUT2D eigenvalue weighted by Gasteiger charge is 2.23. The molecule has 1 unspecified atom stereocenters. The Morgan fingerprint density at radius 1 is 1.32 bits per heavy atom. The molecule has 4 rings (SSSR count). The predicted octanol–water partition coefficient (Wildman–Crippen LogP) is 2.26. The van der Waals surface area contributed by atoms with E-state index >= 15 is 0 Å². The number of benzene rings is 1. The third-order valence-electron chi connectivity index (χ3n) is 4.85. The van der Waals surface area contributed by atoms with Gasteiger partial charge in [-0.05, 0) is 43.2 Å². The van der Waals surface area contributed by atoms with Gasteiger partial charge in [-0.3, -0.25) is 9.59 Å². The number of imidazole rings is 1. The molecule has 8 nitrogen and oxygen atoms in total. The fourth-order valence-electron chi connectivity index (χ4n) is 3.35. The summed E-state index contributed by atoms with van der Waals surface area (Å²) in [5.41, 5.74) is 2.38. The lowest BCUT2D eigenvalue weighted by atomic mass is 10.2. The molecule has 8 heteroatoms. The van der Waals surface area contributed by atoms with Crippen LogP contribution in [0, 0.1) is 0 Å². The Balaban J connectivity index is 1.41. The van der Waals surface area contributed by atoms with Gasteiger partial charge in [-0.2, -0.15) is 0 Å². The van der Waals surface area contributed by atoms with Crippen LogP contribution in [0.25, 0.3) is 11.0 Å². The third kappa shape index (κ3) is 3.77. The lowest BCUT2D eigenvalue weighted by molar-refractivity contribution is -0.130. The number of amides is 2. The van der Waals surface area contributed by atoms with Crippen LogP contribution >= 0.6 is 0 Å². The van der Waals surface area contributed by atoms with Crippen molar-refractivity contribution in [1.82, 2.24) is 14.9 Å². The maximum atomic E-state index is 12.1. The average Bonchev–Trinajstić information content (AvgIpc) is 3.44. The van der Waals surface area contributed by atoms with Crippen molar-refractivity contribution >= 4 is 28.5 Å². The second kappa shape index (κ2) is 7.85. The van der Waals surface area contributed by atoms with Crippen LogP contribution in [0.3, 0.4) is 0 Å². The summed E-state index contributed by atoms with van der Waals surface area (Å²) in [6, 6.07) is 8.84. The van der Waals surface area contributed by atoms with E-state index in [-0.39, 0.29) is 23.7 Å². The van der Waals surface area contributed by atoms with Crippen LogP contribution in [0.4, 0.5) is 5.69 Å². The molecular weight excluding hydrogens is 360 g/mol. The smallest absolute Gasteiger partial charge is 0.291 e. The number of hydrogen-bond acceptors (Lipinski definition) is 5. The first-order valence-corrected chi connectivity index (χ1v) is 9.31. The topological polar surface area (TPSA) is 98.4 Å². The summed E-state index contributed by atoms with van der Waals surface area (Å²) in [5, 5.41) is 5.71. The van der Waals surface area contributed by atoms with Gasteiger partial charge in [-0.25, -0.2) is 4.98 Å². The van der Waals surface area contributed by atoms with Crippen molar-refractivity contribution in [3.05, 3.63) is 48.2 Å². The third-order valence-corrected chi connectivity index (χ3v) is 4.85. The quantitative estimate of drug-likeness (QED) is 0.681. The van der Waals surface area contributed by atoms with Crippen LogP contribution in [0.5, 0.6) is 0 Å². The zero-order valence-corrected chi connectivity index (χ0v) is 15.6. The van der Waals surface area contributed by atoms with Crippen LogP contribution in [0.15, 0.2) is 41.0 Å². The highest BCUT2D eigenvalue weighted by atomic mass is 16.5. The average molecular weight is 382 g/mol. The first kappa shape index (κ1) is 18.2. The van der Waals surface area contributed by atoms with Crippen molar-refractivity contribution in [2.24, 2.45) is 7.05 Å². The van der Waals surface area contributed by atoms with E-state index < -0.39 is 0 Å². The number of carbonyl (C=O) groups excluding carboxylic acids is 2. The number of anilines is 1. The molecule has 2 aromatic heterocycles. The van der Waals surface area contributed by atoms with Crippen LogP contribution in [-0.4, -0.2) is 40.6 Å². The van der Waals surface area contributed by atoms with Gasteiger partial charge in [0.25, 0.3) is 5.91 Å². The summed E-state index contributed by atoms with van der Waals surface area (Å²) in [5.74, 6) is 0.748. The molecule has 3 aromatic rings. The van der Waals surface area contributed by atoms with Gasteiger partial charge in [0.2, 0.25) is 5.91 Å². The molecule has 0 aliphatic carbocycles. The van der Waals surface area contributed by atoms with Gasteiger partial charge >= 0.3 is 0 Å². The van der Waals surface area contributed by atoms with Gasteiger partial charge < -0.3 is 24.4 Å². The summed E-state index contributed by atoms with van der Waals surface area (Å²) in [4.78, 5) is 28.8. The number of furan rings is 1. The van der Waals surface area contributed by atoms with Crippen molar-refractivity contribution in [3.63, 3.8) is 0 Å². The minimum Gasteiger partial charge on any atom is -0.459 e. The molecular formula is C20H22N4O4. The monoisotopic (exact) mass is 382 g/mol. The van der Waals surface area contributed by atoms with E-state index in [1.165, 1.54) is 6.26 Å². The molecule has 3 heterocycles. The first-order chi connectivity index (χ1) is 13.6. The maximum Gasteiger partial charge on any atom is 0.291 e. The Morgan fingerprint density at radius 2 is 2.21 bits per heavy atom. The molecule has 1 aliphatic heterocycles. The van der Waals surface area contributed by atoms with Gasteiger partial charge in [-0.15, -0.1) is 0 Å². The molecule has 1 atom stereocenters. The molecule has 1 saturated heterocycles. The molecule has 1 aliphatic rings. The summed E-state index contributed by atoms with van der Waals surface area (Å²) in [7, 11) is 1.94. The number of nitrogens with zero attached hydrogens (tertiary/aromatic N) is 2. The number of ether oxygens (including phenoxy) is 1. The molecule has 146 valence electrons. The Bertz CT molecular complexity index is 987. The molecule has 1 fully saturated rings. The zero-order chi connectivity index (χ0) is 19.5. The normalized spacial score (nSPS) is 16.4. The van der Waals surface area contributed by atoms with Crippen molar-refractivity contribution in [1.29, 1.82) is 0 Å². The highest BCUT2D eigenvalue weighted by molar-refractivity contribution is 6.03. The molecule has 0 saturated carbocycles. The maximum absolute atomic E-state index is 12.1. The van der Waals surface area contributed by atoms with E-state index in [0.29, 0.717) is 25.3 Å². The van der Waals surface area contributed by atoms with Crippen molar-refractivity contribution in [3.8, 4) is 0 Å². The molecule has 1 aromatic carbocycles. The second-order valence-electron chi connectivity index (χ2n) is 6.76. The SMILES string of the molecule is Cn1c(CCNC(=O)C2CCCO2)nc2cc(NC(=O)c3ccco3)ccc21. The number of aromatic nitrogens is 2. The van der Waals surface area contributed by atoms with E-state index in [4.69, 9.17) is 9.15 Å². The number of nitrogens with one attached hydrogen (secondary N) is 2. The van der Waals surface area contributed by atoms with Crippen LogP contribution in [-0.2, 0) is 23.0 Å². The number of hydrogen-bond donors (Lipinski definition) is 2. The molecule has 0 radical (unpaired) electrons. The fourth-order valence-corrected chi connectivity index (χ4v) is 3.35. The molecule has 2 amide bonds. The van der Waals surface area contributed by atoms with Gasteiger partial charge in [0.1, 0.15) is 11.9 Å². The molecule has 28 heavy (non-hydrogen) atoms. The van der Waals surface area contributed by atoms with E-state index in [1.54, 1.807) is 12.1 Å². The first-order valence-electron chi connectivity index (χ1n) is 9.31. The lowest BCUT2D eigenvalue weighted by Gasteiger charge is -2.10. The largest absolute Gasteiger partial charge is 0.459 e. The number of rotatable bonds is 6. The van der Waals surface area contributed by atoms with Crippen LogP contribution < -0.4 is 10.6 Å². The Labute approximate surface area is 161 Å². The lowest BCUT2D eigenvalue weighted by Crippen LogP contribution is -2.35. The van der Waals surface area contributed by atoms with Gasteiger partial charge in [-0.1, -0.05) is 0 Å². The minimum atomic E-state index is -0.319. The number of fused-ring (bicyclic) bond motifs is 1. The molecule has 0 spiro atoms. The van der Waals surface area contributed by atoms with E-state index in [2.05, 4.69) is 15.6 Å². The zero-order valence-electron chi connectivity index (χ0n) is 15.6. The summed E-state index contributed by atoms with van der Waals surface area (Å²) >= 11 is 0. The van der Waals surface area contributed by atoms with Crippen molar-refractivity contribution in [2.45, 2.75) is 25.4 Å². The molecule has 2 N–H and O–H groups in total. The fraction of sp³-hybridized carbons (Fsp3) is 0.350. The molecule has 0 bridgehead atoms. The van der Waals surface area contributed by atoms with Gasteiger partial charge in [0, 0.05) is 32.3 Å². The number of aryl methyl sites for hydroxylation is 1. The second-order valence-corrected chi connectivity index (χ2v) is 6.76. The van der Waals surface area contributed by atoms with E-state index in [0.717, 1.165) is 29.7 Å². The van der Waals surface area contributed by atoms with Gasteiger partial charge in [0.05, 0.1) is 17.3 Å². The van der Waals surface area contributed by atoms with E-state index in [9.17, 15) is 9.59 Å². The summed E-state index contributed by atoms with van der Waals surface area (Å²) in [6.45, 7) is 1.15. The minimum absolute atomic E-state index is 0.0563. The Hall–Kier alpha value is -3.13. The standard InChI is InChI=1S/C20H22N4O4/c1-24-15-7-6-13(22-20(26)17-5-3-11-28-17)12-14(15)23-18(24)8-9-21-19(25)16-4-2-10-27-16/h3,5-7,11-12,16H,2,4,8-10H2,1H3,(H,21,25)(H,22,26). The number of carbonyl (C=O) groups is 2. The van der Waals surface area contributed by atoms with Crippen molar-refractivity contribution in [2.75, 3.05) is 18.5 Å².